The fraction of sp³-hybridized carbons (Fsp3) is 0.186. The Labute approximate surface area is 311 Å². The summed E-state index contributed by atoms with van der Waals surface area (Å²) in [6.45, 7) is 13.3. The van der Waals surface area contributed by atoms with E-state index in [9.17, 15) is 0 Å². The summed E-state index contributed by atoms with van der Waals surface area (Å²) in [7, 11) is 0. The summed E-state index contributed by atoms with van der Waals surface area (Å²) in [4.78, 5) is 4.82. The van der Waals surface area contributed by atoms with Crippen LogP contribution in [0.4, 0.5) is 22.7 Å². The second-order valence-corrected chi connectivity index (χ2v) is 16.4. The van der Waals surface area contributed by atoms with Gasteiger partial charge >= 0.3 is 0 Å². The highest BCUT2D eigenvalue weighted by molar-refractivity contribution is 9.11. The van der Waals surface area contributed by atoms with E-state index in [0.717, 1.165) is 65.4 Å². The predicted octanol–water partition coefficient (Wildman–Crippen LogP) is 13.6. The zero-order chi connectivity index (χ0) is 35.2. The maximum atomic E-state index is 6.52. The average molecular weight is 789 g/mol. The van der Waals surface area contributed by atoms with Gasteiger partial charge in [-0.05, 0) is 121 Å². The second-order valence-electron chi connectivity index (χ2n) is 14.7. The van der Waals surface area contributed by atoms with Crippen molar-refractivity contribution in [3.8, 4) is 17.3 Å². The van der Waals surface area contributed by atoms with Gasteiger partial charge in [-0.25, -0.2) is 4.98 Å². The molecule has 0 atom stereocenters. The molecule has 0 aliphatic heterocycles. The standard InChI is InChI=1S/C43H40Br2N4O/c1-42(2,3)27-20-21-46-40(24-27)49-38-17-10-7-14-32(38)33-19-18-31(26-39(33)49)50-30-13-11-12-29(25-30)47-36-15-8-9-16-37(36)48-41-34(44)22-28(23-35(41)45)43(4,5)6/h7-26,47-48H,1-6H3. The SMILES string of the molecule is CC(C)(C)c1ccnc(-n2c3ccccc3c3ccc(Oc4cccc(Nc5ccccc5Nc5c(Br)cc(C(C)(C)C)cc5Br)c4)cc32)c1. The lowest BCUT2D eigenvalue weighted by molar-refractivity contribution is 0.483. The first-order valence-electron chi connectivity index (χ1n) is 16.8. The molecule has 7 heteroatoms. The van der Waals surface area contributed by atoms with Gasteiger partial charge in [-0.3, -0.25) is 4.57 Å². The van der Waals surface area contributed by atoms with Crippen LogP contribution in [0.2, 0.25) is 0 Å². The highest BCUT2D eigenvalue weighted by Crippen LogP contribution is 2.40. The molecule has 0 saturated heterocycles. The number of ether oxygens (including phenoxy) is 1. The van der Waals surface area contributed by atoms with Gasteiger partial charge in [0.15, 0.2) is 0 Å². The summed E-state index contributed by atoms with van der Waals surface area (Å²) >= 11 is 7.60. The first-order valence-corrected chi connectivity index (χ1v) is 18.3. The van der Waals surface area contributed by atoms with Crippen LogP contribution in [0.3, 0.4) is 0 Å². The number of aromatic nitrogens is 2. The molecule has 252 valence electrons. The summed E-state index contributed by atoms with van der Waals surface area (Å²) < 4.78 is 10.8. The molecule has 7 rings (SSSR count). The number of hydrogen-bond donors (Lipinski definition) is 2. The first-order chi connectivity index (χ1) is 23.8. The van der Waals surface area contributed by atoms with Gasteiger partial charge in [-0.15, -0.1) is 0 Å². The minimum atomic E-state index is 0.00570. The van der Waals surface area contributed by atoms with Gasteiger partial charge in [0, 0.05) is 43.7 Å². The highest BCUT2D eigenvalue weighted by atomic mass is 79.9. The van der Waals surface area contributed by atoms with E-state index in [1.807, 2.05) is 48.7 Å². The number of nitrogens with zero attached hydrogens (tertiary/aromatic N) is 2. The molecule has 0 unspecified atom stereocenters. The van der Waals surface area contributed by atoms with Crippen molar-refractivity contribution in [2.75, 3.05) is 10.6 Å². The fourth-order valence-corrected chi connectivity index (χ4v) is 7.54. The van der Waals surface area contributed by atoms with Crippen LogP contribution in [-0.4, -0.2) is 9.55 Å². The van der Waals surface area contributed by atoms with Crippen LogP contribution in [0, 0.1) is 0 Å². The van der Waals surface area contributed by atoms with Crippen LogP contribution in [-0.2, 0) is 10.8 Å². The lowest BCUT2D eigenvalue weighted by Crippen LogP contribution is -2.12. The maximum absolute atomic E-state index is 6.52. The largest absolute Gasteiger partial charge is 0.457 e. The Kier molecular flexibility index (Phi) is 8.99. The van der Waals surface area contributed by atoms with Crippen molar-refractivity contribution in [1.29, 1.82) is 0 Å². The molecule has 50 heavy (non-hydrogen) atoms. The molecule has 0 amide bonds. The summed E-state index contributed by atoms with van der Waals surface area (Å²) in [5.74, 6) is 2.38. The van der Waals surface area contributed by atoms with Crippen LogP contribution >= 0.6 is 31.9 Å². The number of para-hydroxylation sites is 3. The molecule has 2 heterocycles. The monoisotopic (exact) mass is 786 g/mol. The van der Waals surface area contributed by atoms with Crippen molar-refractivity contribution in [3.05, 3.63) is 142 Å². The van der Waals surface area contributed by atoms with Crippen molar-refractivity contribution in [1.82, 2.24) is 9.55 Å². The zero-order valence-electron chi connectivity index (χ0n) is 29.1. The van der Waals surface area contributed by atoms with E-state index in [4.69, 9.17) is 9.72 Å². The summed E-state index contributed by atoms with van der Waals surface area (Å²) in [6, 6.07) is 39.7. The Morgan fingerprint density at radius 2 is 1.22 bits per heavy atom. The summed E-state index contributed by atoms with van der Waals surface area (Å²) in [5.41, 5.74) is 8.46. The van der Waals surface area contributed by atoms with Gasteiger partial charge in [-0.1, -0.05) is 77.9 Å². The molecule has 2 aromatic heterocycles. The number of anilines is 4. The predicted molar refractivity (Wildman–Crippen MR) is 217 cm³/mol. The Morgan fingerprint density at radius 1 is 0.580 bits per heavy atom. The molecule has 0 fully saturated rings. The average Bonchev–Trinajstić information content (AvgIpc) is 3.40. The third-order valence-corrected chi connectivity index (χ3v) is 10.2. The van der Waals surface area contributed by atoms with Crippen molar-refractivity contribution in [3.63, 3.8) is 0 Å². The Hall–Kier alpha value is -4.59. The van der Waals surface area contributed by atoms with Crippen molar-refractivity contribution >= 4 is 76.4 Å². The zero-order valence-corrected chi connectivity index (χ0v) is 32.3. The molecule has 0 bridgehead atoms. The molecule has 5 aromatic carbocycles. The molecular formula is C43H40Br2N4O. The third-order valence-electron chi connectivity index (χ3n) is 8.93. The number of rotatable bonds is 7. The van der Waals surface area contributed by atoms with Crippen molar-refractivity contribution in [2.45, 2.75) is 52.4 Å². The van der Waals surface area contributed by atoms with E-state index in [2.05, 4.69) is 161 Å². The second kappa shape index (κ2) is 13.3. The molecule has 5 nitrogen and oxygen atoms in total. The Morgan fingerprint density at radius 3 is 1.94 bits per heavy atom. The lowest BCUT2D eigenvalue weighted by Gasteiger charge is -2.22. The lowest BCUT2D eigenvalue weighted by atomic mass is 9.87. The van der Waals surface area contributed by atoms with Crippen LogP contribution in [0.5, 0.6) is 11.5 Å². The molecule has 0 radical (unpaired) electrons. The quantitative estimate of drug-likeness (QED) is 0.169. The number of fused-ring (bicyclic) bond motifs is 3. The molecule has 0 aliphatic carbocycles. The molecular weight excluding hydrogens is 748 g/mol. The van der Waals surface area contributed by atoms with E-state index in [1.54, 1.807) is 0 Å². The van der Waals surface area contributed by atoms with E-state index >= 15 is 0 Å². The van der Waals surface area contributed by atoms with E-state index in [0.29, 0.717) is 0 Å². The molecule has 0 aliphatic rings. The van der Waals surface area contributed by atoms with Gasteiger partial charge < -0.3 is 15.4 Å². The van der Waals surface area contributed by atoms with Gasteiger partial charge in [0.05, 0.1) is 28.1 Å². The van der Waals surface area contributed by atoms with Crippen LogP contribution in [0.25, 0.3) is 27.6 Å². The molecule has 2 N–H and O–H groups in total. The minimum Gasteiger partial charge on any atom is -0.457 e. The number of hydrogen-bond acceptors (Lipinski definition) is 4. The maximum Gasteiger partial charge on any atom is 0.137 e. The summed E-state index contributed by atoms with van der Waals surface area (Å²) in [5, 5.41) is 9.56. The normalized spacial score (nSPS) is 12.0. The number of pyridine rings is 1. The molecule has 0 saturated carbocycles. The summed E-state index contributed by atoms with van der Waals surface area (Å²) in [6.07, 6.45) is 1.91. The third kappa shape index (κ3) is 6.90. The van der Waals surface area contributed by atoms with E-state index in [-0.39, 0.29) is 10.8 Å². The first kappa shape index (κ1) is 33.9. The molecule has 7 aromatic rings. The molecule has 0 spiro atoms. The Bertz CT molecular complexity index is 2340. The number of nitrogens with one attached hydrogen (secondary N) is 2. The van der Waals surface area contributed by atoms with E-state index < -0.39 is 0 Å². The fourth-order valence-electron chi connectivity index (χ4n) is 6.16. The van der Waals surface area contributed by atoms with Gasteiger partial charge in [-0.2, -0.15) is 0 Å². The van der Waals surface area contributed by atoms with Gasteiger partial charge in [0.1, 0.15) is 17.3 Å². The van der Waals surface area contributed by atoms with Gasteiger partial charge in [0.25, 0.3) is 0 Å². The minimum absolute atomic E-state index is 0.00570. The topological polar surface area (TPSA) is 51.1 Å². The van der Waals surface area contributed by atoms with Gasteiger partial charge in [0.2, 0.25) is 0 Å². The van der Waals surface area contributed by atoms with E-state index in [1.165, 1.54) is 16.5 Å². The number of halogens is 2. The Balaban J connectivity index is 1.18. The smallest absolute Gasteiger partial charge is 0.137 e. The number of benzene rings is 5. The van der Waals surface area contributed by atoms with Crippen molar-refractivity contribution in [2.24, 2.45) is 0 Å². The van der Waals surface area contributed by atoms with Crippen molar-refractivity contribution < 1.29 is 4.74 Å². The van der Waals surface area contributed by atoms with Crippen LogP contribution in [0.15, 0.2) is 130 Å². The van der Waals surface area contributed by atoms with Crippen LogP contribution < -0.4 is 15.4 Å². The highest BCUT2D eigenvalue weighted by Gasteiger charge is 2.20. The van der Waals surface area contributed by atoms with Crippen LogP contribution in [0.1, 0.15) is 52.7 Å².